The van der Waals surface area contributed by atoms with Gasteiger partial charge in [0.1, 0.15) is 7.85 Å². The minimum atomic E-state index is -0.0596. The number of carbonyl (C=O) groups is 1. The molecule has 0 N–H and O–H groups in total. The number of rotatable bonds is 1. The van der Waals surface area contributed by atoms with Crippen molar-refractivity contribution in [1.29, 1.82) is 0 Å². The molecule has 0 unspecified atom stereocenters. The molecular formula is C11H17BN2O. The molecule has 4 heteroatoms. The molecule has 1 aromatic rings. The second-order valence-electron chi connectivity index (χ2n) is 3.13. The Balaban J connectivity index is 0.000000921. The Hall–Kier alpha value is -1.32. The highest BCUT2D eigenvalue weighted by Gasteiger charge is 2.08. The number of hydrogen-bond acceptors (Lipinski definition) is 2. The molecule has 0 spiro atoms. The number of nitrogens with zero attached hydrogens (tertiary/aromatic N) is 2. The molecule has 15 heavy (non-hydrogen) atoms. The van der Waals surface area contributed by atoms with Crippen LogP contribution >= 0.6 is 0 Å². The number of aromatic nitrogens is 1. The average Bonchev–Trinajstić information content (AvgIpc) is 2.24. The van der Waals surface area contributed by atoms with E-state index in [1.165, 1.54) is 11.1 Å². The van der Waals surface area contributed by atoms with Gasteiger partial charge in [0, 0.05) is 20.3 Å². The maximum Gasteiger partial charge on any atom is 0.254 e. The topological polar surface area (TPSA) is 33.2 Å². The minimum Gasteiger partial charge on any atom is -0.345 e. The monoisotopic (exact) mass is 204 g/mol. The van der Waals surface area contributed by atoms with E-state index < -0.39 is 0 Å². The molecule has 1 amide bonds. The largest absolute Gasteiger partial charge is 0.345 e. The van der Waals surface area contributed by atoms with E-state index in [4.69, 9.17) is 7.85 Å². The first kappa shape index (κ1) is 13.7. The Bertz CT molecular complexity index is 337. The summed E-state index contributed by atoms with van der Waals surface area (Å²) in [7, 11) is 8.93. The SMILES string of the molecule is CC.[B]c1ncc(C(=O)N(C)C)cc1C. The zero-order valence-electron chi connectivity index (χ0n) is 10.0. The molecule has 2 radical (unpaired) electrons. The van der Waals surface area contributed by atoms with Gasteiger partial charge in [0.05, 0.1) is 5.56 Å². The van der Waals surface area contributed by atoms with Crippen molar-refractivity contribution in [3.05, 3.63) is 23.4 Å². The Kier molecular flexibility index (Phi) is 5.68. The number of pyridine rings is 1. The molecule has 0 aromatic carbocycles. The van der Waals surface area contributed by atoms with Crippen molar-refractivity contribution in [2.45, 2.75) is 20.8 Å². The average molecular weight is 204 g/mol. The molecule has 1 aromatic heterocycles. The smallest absolute Gasteiger partial charge is 0.254 e. The fourth-order valence-electron chi connectivity index (χ4n) is 0.961. The molecule has 0 aliphatic carbocycles. The third kappa shape index (κ3) is 3.74. The van der Waals surface area contributed by atoms with E-state index in [2.05, 4.69) is 4.98 Å². The molecule has 0 fully saturated rings. The first-order valence-electron chi connectivity index (χ1n) is 4.96. The molecule has 3 nitrogen and oxygen atoms in total. The summed E-state index contributed by atoms with van der Waals surface area (Å²) in [5, 5.41) is 0. The summed E-state index contributed by atoms with van der Waals surface area (Å²) in [4.78, 5) is 16.9. The summed E-state index contributed by atoms with van der Waals surface area (Å²) < 4.78 is 0. The maximum absolute atomic E-state index is 11.5. The first-order valence-corrected chi connectivity index (χ1v) is 4.96. The third-order valence-electron chi connectivity index (χ3n) is 1.77. The highest BCUT2D eigenvalue weighted by molar-refractivity contribution is 6.31. The minimum absolute atomic E-state index is 0.0596. The molecule has 1 heterocycles. The normalized spacial score (nSPS) is 8.87. The van der Waals surface area contributed by atoms with Crippen LogP contribution in [0.5, 0.6) is 0 Å². The van der Waals surface area contributed by atoms with Crippen molar-refractivity contribution in [3.63, 3.8) is 0 Å². The quantitative estimate of drug-likeness (QED) is 0.637. The fourth-order valence-corrected chi connectivity index (χ4v) is 0.961. The van der Waals surface area contributed by atoms with E-state index in [-0.39, 0.29) is 5.91 Å². The van der Waals surface area contributed by atoms with Gasteiger partial charge in [-0.1, -0.05) is 13.8 Å². The molecule has 80 valence electrons. The number of amides is 1. The zero-order valence-corrected chi connectivity index (χ0v) is 10.0. The molecular weight excluding hydrogens is 187 g/mol. The summed E-state index contributed by atoms with van der Waals surface area (Å²) in [6.07, 6.45) is 1.49. The maximum atomic E-state index is 11.5. The van der Waals surface area contributed by atoms with Crippen molar-refractivity contribution in [1.82, 2.24) is 9.88 Å². The van der Waals surface area contributed by atoms with Gasteiger partial charge in [-0.2, -0.15) is 0 Å². The van der Waals surface area contributed by atoms with Crippen molar-refractivity contribution in [2.75, 3.05) is 14.1 Å². The van der Waals surface area contributed by atoms with Gasteiger partial charge in [0.25, 0.3) is 5.91 Å². The van der Waals surface area contributed by atoms with E-state index >= 15 is 0 Å². The summed E-state index contributed by atoms with van der Waals surface area (Å²) in [6.45, 7) is 5.83. The molecule has 0 aliphatic heterocycles. The van der Waals surface area contributed by atoms with Crippen LogP contribution in [0.3, 0.4) is 0 Å². The van der Waals surface area contributed by atoms with Gasteiger partial charge >= 0.3 is 0 Å². The van der Waals surface area contributed by atoms with Gasteiger partial charge in [-0.05, 0) is 24.1 Å². The van der Waals surface area contributed by atoms with Gasteiger partial charge in [-0.15, -0.1) is 0 Å². The van der Waals surface area contributed by atoms with E-state index in [1.54, 1.807) is 20.2 Å². The number of aryl methyl sites for hydroxylation is 1. The van der Waals surface area contributed by atoms with Crippen molar-refractivity contribution >= 4 is 19.3 Å². The zero-order chi connectivity index (χ0) is 12.0. The van der Waals surface area contributed by atoms with Crippen LogP contribution in [-0.4, -0.2) is 37.7 Å². The first-order chi connectivity index (χ1) is 7.02. The molecule has 0 atom stereocenters. The van der Waals surface area contributed by atoms with Crippen LogP contribution in [0.15, 0.2) is 12.3 Å². The third-order valence-corrected chi connectivity index (χ3v) is 1.77. The lowest BCUT2D eigenvalue weighted by Crippen LogP contribution is -2.23. The van der Waals surface area contributed by atoms with Crippen LogP contribution in [-0.2, 0) is 0 Å². The lowest BCUT2D eigenvalue weighted by Gasteiger charge is -2.10. The van der Waals surface area contributed by atoms with E-state index in [0.29, 0.717) is 11.2 Å². The van der Waals surface area contributed by atoms with Gasteiger partial charge in [0.15, 0.2) is 0 Å². The van der Waals surface area contributed by atoms with Crippen LogP contribution < -0.4 is 5.59 Å². The summed E-state index contributed by atoms with van der Waals surface area (Å²) in [5.41, 5.74) is 1.86. The number of hydrogen-bond donors (Lipinski definition) is 0. The van der Waals surface area contributed by atoms with Gasteiger partial charge in [-0.3, -0.25) is 9.78 Å². The lowest BCUT2D eigenvalue weighted by molar-refractivity contribution is 0.0827. The molecule has 1 rings (SSSR count). The van der Waals surface area contributed by atoms with Crippen LogP contribution in [0.25, 0.3) is 0 Å². The molecule has 0 saturated heterocycles. The van der Waals surface area contributed by atoms with Crippen molar-refractivity contribution in [2.24, 2.45) is 0 Å². The Morgan fingerprint density at radius 3 is 2.33 bits per heavy atom. The van der Waals surface area contributed by atoms with E-state index in [0.717, 1.165) is 5.56 Å². The van der Waals surface area contributed by atoms with E-state index in [9.17, 15) is 4.79 Å². The van der Waals surface area contributed by atoms with Crippen LogP contribution in [0.2, 0.25) is 0 Å². The molecule has 0 bridgehead atoms. The van der Waals surface area contributed by atoms with Gasteiger partial charge in [0.2, 0.25) is 0 Å². The highest BCUT2D eigenvalue weighted by atomic mass is 16.2. The predicted molar refractivity (Wildman–Crippen MR) is 63.7 cm³/mol. The van der Waals surface area contributed by atoms with Crippen molar-refractivity contribution < 1.29 is 4.79 Å². The van der Waals surface area contributed by atoms with Gasteiger partial charge < -0.3 is 4.90 Å². The second-order valence-corrected chi connectivity index (χ2v) is 3.13. The van der Waals surface area contributed by atoms with Crippen LogP contribution in [0.4, 0.5) is 0 Å². The standard InChI is InChI=1S/C9H11BN2O.C2H6/c1-6-4-7(5-11-8(6)10)9(13)12(2)3;1-2/h4-5H,1-3H3;1-2H3. The Labute approximate surface area is 92.9 Å². The summed E-state index contributed by atoms with van der Waals surface area (Å²) >= 11 is 0. The highest BCUT2D eigenvalue weighted by Crippen LogP contribution is 2.01. The molecule has 0 aliphatic rings. The fraction of sp³-hybridized carbons (Fsp3) is 0.455. The lowest BCUT2D eigenvalue weighted by atomic mass is 9.97. The summed E-state index contributed by atoms with van der Waals surface area (Å²) in [6, 6.07) is 1.74. The van der Waals surface area contributed by atoms with Crippen LogP contribution in [0, 0.1) is 6.92 Å². The summed E-state index contributed by atoms with van der Waals surface area (Å²) in [5.74, 6) is -0.0596. The van der Waals surface area contributed by atoms with Crippen molar-refractivity contribution in [3.8, 4) is 0 Å². The second kappa shape index (κ2) is 6.22. The molecule has 0 saturated carbocycles. The van der Waals surface area contributed by atoms with Crippen LogP contribution in [0.1, 0.15) is 29.8 Å². The van der Waals surface area contributed by atoms with E-state index in [1.807, 2.05) is 20.8 Å². The Morgan fingerprint density at radius 1 is 1.40 bits per heavy atom. The predicted octanol–water partition coefficient (Wildman–Crippen LogP) is 0.912. The van der Waals surface area contributed by atoms with Gasteiger partial charge in [-0.25, -0.2) is 0 Å². The Morgan fingerprint density at radius 2 is 1.93 bits per heavy atom. The number of carbonyl (C=O) groups excluding carboxylic acids is 1.